The molecule has 5 rings (SSSR count). The summed E-state index contributed by atoms with van der Waals surface area (Å²) in [6.07, 6.45) is 5.59. The molecule has 0 atom stereocenters. The summed E-state index contributed by atoms with van der Waals surface area (Å²) in [7, 11) is 0. The Morgan fingerprint density at radius 3 is 2.44 bits per heavy atom. The lowest BCUT2D eigenvalue weighted by molar-refractivity contribution is 0.578. The minimum atomic E-state index is -0.173. The largest absolute Gasteiger partial charge is 0.372 e. The third kappa shape index (κ3) is 3.94. The monoisotopic (exact) mass is 422 g/mol. The molecule has 5 nitrogen and oxygen atoms in total. The summed E-state index contributed by atoms with van der Waals surface area (Å²) < 4.78 is 1.41. The molecule has 0 N–H and O–H groups in total. The maximum absolute atomic E-state index is 13.3. The Balaban J connectivity index is 1.56. The van der Waals surface area contributed by atoms with E-state index in [9.17, 15) is 4.79 Å². The Labute approximate surface area is 187 Å². The van der Waals surface area contributed by atoms with Crippen molar-refractivity contribution in [3.63, 3.8) is 0 Å². The van der Waals surface area contributed by atoms with Crippen molar-refractivity contribution < 1.29 is 0 Å². The number of benzene rings is 3. The lowest BCUT2D eigenvalue weighted by atomic mass is 10.1. The maximum atomic E-state index is 13.3. The first kappa shape index (κ1) is 20.2. The smallest absolute Gasteiger partial charge is 0.282 e. The van der Waals surface area contributed by atoms with Gasteiger partial charge in [-0.15, -0.1) is 0 Å². The van der Waals surface area contributed by atoms with Gasteiger partial charge in [0.2, 0.25) is 0 Å². The van der Waals surface area contributed by atoms with Crippen molar-refractivity contribution in [1.82, 2.24) is 9.66 Å². The standard InChI is InChI=1S/C27H26N4O/c1-20-18-23(30-16-8-3-9-17-30)15-14-22(20)19-28-31-26(21-10-4-2-5-11-21)29-25-13-7-6-12-24(25)27(31)32/h2,4-7,10-15,18-19H,3,8-9,16-17H2,1H3. The van der Waals surface area contributed by atoms with Crippen LogP contribution in [0.5, 0.6) is 0 Å². The van der Waals surface area contributed by atoms with Gasteiger partial charge < -0.3 is 4.90 Å². The molecule has 1 aromatic heterocycles. The number of hydrogen-bond acceptors (Lipinski definition) is 4. The zero-order chi connectivity index (χ0) is 21.9. The van der Waals surface area contributed by atoms with Gasteiger partial charge in [-0.1, -0.05) is 48.5 Å². The normalized spacial score (nSPS) is 14.3. The Bertz CT molecular complexity index is 1340. The van der Waals surface area contributed by atoms with Crippen molar-refractivity contribution in [2.24, 2.45) is 5.10 Å². The highest BCUT2D eigenvalue weighted by Crippen LogP contribution is 2.23. The molecule has 160 valence electrons. The second-order valence-corrected chi connectivity index (χ2v) is 8.27. The highest BCUT2D eigenvalue weighted by molar-refractivity contribution is 5.84. The summed E-state index contributed by atoms with van der Waals surface area (Å²) in [5.41, 5.74) is 4.74. The highest BCUT2D eigenvalue weighted by Gasteiger charge is 2.13. The Hall–Kier alpha value is -3.73. The highest BCUT2D eigenvalue weighted by atomic mass is 16.1. The Morgan fingerprint density at radius 2 is 1.66 bits per heavy atom. The van der Waals surface area contributed by atoms with Crippen LogP contribution in [0.2, 0.25) is 0 Å². The number of anilines is 1. The minimum Gasteiger partial charge on any atom is -0.372 e. The lowest BCUT2D eigenvalue weighted by Crippen LogP contribution is -2.29. The molecule has 1 aliphatic heterocycles. The molecule has 0 saturated carbocycles. The van der Waals surface area contributed by atoms with E-state index in [0.29, 0.717) is 16.7 Å². The Morgan fingerprint density at radius 1 is 0.906 bits per heavy atom. The molecule has 0 unspecified atom stereocenters. The first-order valence-corrected chi connectivity index (χ1v) is 11.2. The summed E-state index contributed by atoms with van der Waals surface area (Å²) in [5, 5.41) is 5.17. The molecule has 1 fully saturated rings. The first-order valence-electron chi connectivity index (χ1n) is 11.2. The first-order chi connectivity index (χ1) is 15.7. The number of aromatic nitrogens is 2. The summed E-state index contributed by atoms with van der Waals surface area (Å²) in [6, 6.07) is 23.6. The SMILES string of the molecule is Cc1cc(N2CCCCC2)ccc1C=Nn1c(-c2ccccc2)nc2ccccc2c1=O. The number of rotatable bonds is 4. The van der Waals surface area contributed by atoms with Crippen molar-refractivity contribution in [3.8, 4) is 11.4 Å². The fourth-order valence-electron chi connectivity index (χ4n) is 4.28. The molecular weight excluding hydrogens is 396 g/mol. The third-order valence-electron chi connectivity index (χ3n) is 6.07. The van der Waals surface area contributed by atoms with E-state index in [4.69, 9.17) is 4.98 Å². The van der Waals surface area contributed by atoms with Crippen LogP contribution < -0.4 is 10.5 Å². The number of piperidine rings is 1. The van der Waals surface area contributed by atoms with Crippen LogP contribution >= 0.6 is 0 Å². The van der Waals surface area contributed by atoms with Crippen LogP contribution in [0.25, 0.3) is 22.3 Å². The molecule has 0 radical (unpaired) electrons. The van der Waals surface area contributed by atoms with Crippen LogP contribution in [0.15, 0.2) is 82.7 Å². The van der Waals surface area contributed by atoms with Gasteiger partial charge in [0.15, 0.2) is 5.82 Å². The molecule has 0 amide bonds. The van der Waals surface area contributed by atoms with Crippen molar-refractivity contribution in [2.45, 2.75) is 26.2 Å². The zero-order valence-corrected chi connectivity index (χ0v) is 18.2. The molecule has 0 spiro atoms. The second-order valence-electron chi connectivity index (χ2n) is 8.27. The van der Waals surface area contributed by atoms with E-state index in [-0.39, 0.29) is 5.56 Å². The van der Waals surface area contributed by atoms with Crippen molar-refractivity contribution >= 4 is 22.8 Å². The molecule has 32 heavy (non-hydrogen) atoms. The molecular formula is C27H26N4O. The summed E-state index contributed by atoms with van der Waals surface area (Å²) in [4.78, 5) is 20.5. The van der Waals surface area contributed by atoms with Crippen LogP contribution in [0, 0.1) is 6.92 Å². The number of aryl methyl sites for hydroxylation is 1. The topological polar surface area (TPSA) is 50.5 Å². The second kappa shape index (κ2) is 8.79. The van der Waals surface area contributed by atoms with Gasteiger partial charge in [0, 0.05) is 24.3 Å². The molecule has 0 bridgehead atoms. The van der Waals surface area contributed by atoms with E-state index in [0.717, 1.165) is 29.8 Å². The molecule has 3 aromatic carbocycles. The molecule has 2 heterocycles. The van der Waals surface area contributed by atoms with Gasteiger partial charge in [0.1, 0.15) is 0 Å². The summed E-state index contributed by atoms with van der Waals surface area (Å²) >= 11 is 0. The predicted octanol–water partition coefficient (Wildman–Crippen LogP) is 5.24. The fraction of sp³-hybridized carbons (Fsp3) is 0.222. The van der Waals surface area contributed by atoms with E-state index in [2.05, 4.69) is 35.1 Å². The average molecular weight is 423 g/mol. The van der Waals surface area contributed by atoms with E-state index >= 15 is 0 Å². The molecule has 1 saturated heterocycles. The zero-order valence-electron chi connectivity index (χ0n) is 18.2. The van der Waals surface area contributed by atoms with Crippen LogP contribution in [-0.4, -0.2) is 29.0 Å². The Kier molecular flexibility index (Phi) is 5.55. The average Bonchev–Trinajstić information content (AvgIpc) is 2.85. The van der Waals surface area contributed by atoms with Crippen molar-refractivity contribution in [2.75, 3.05) is 18.0 Å². The quantitative estimate of drug-likeness (QED) is 0.422. The number of fused-ring (bicyclic) bond motifs is 1. The van der Waals surface area contributed by atoms with Gasteiger partial charge in [0.25, 0.3) is 5.56 Å². The van der Waals surface area contributed by atoms with E-state index in [1.807, 2.05) is 48.5 Å². The van der Waals surface area contributed by atoms with Gasteiger partial charge in [-0.05, 0) is 61.6 Å². The van der Waals surface area contributed by atoms with E-state index in [1.165, 1.54) is 29.6 Å². The maximum Gasteiger partial charge on any atom is 0.282 e. The number of nitrogens with zero attached hydrogens (tertiary/aromatic N) is 4. The lowest BCUT2D eigenvalue weighted by Gasteiger charge is -2.29. The van der Waals surface area contributed by atoms with E-state index < -0.39 is 0 Å². The fourth-order valence-corrected chi connectivity index (χ4v) is 4.28. The van der Waals surface area contributed by atoms with Crippen LogP contribution in [0.4, 0.5) is 5.69 Å². The molecule has 1 aliphatic rings. The van der Waals surface area contributed by atoms with Crippen LogP contribution in [0.1, 0.15) is 30.4 Å². The van der Waals surface area contributed by atoms with Crippen LogP contribution in [0.3, 0.4) is 0 Å². The summed E-state index contributed by atoms with van der Waals surface area (Å²) in [5.74, 6) is 0.535. The number of hydrogen-bond donors (Lipinski definition) is 0. The van der Waals surface area contributed by atoms with Gasteiger partial charge in [-0.2, -0.15) is 9.78 Å². The van der Waals surface area contributed by atoms with E-state index in [1.54, 1.807) is 12.3 Å². The van der Waals surface area contributed by atoms with Gasteiger partial charge in [-0.25, -0.2) is 4.98 Å². The van der Waals surface area contributed by atoms with Gasteiger partial charge >= 0.3 is 0 Å². The van der Waals surface area contributed by atoms with Crippen LogP contribution in [-0.2, 0) is 0 Å². The predicted molar refractivity (Wildman–Crippen MR) is 132 cm³/mol. The number of para-hydroxylation sites is 1. The van der Waals surface area contributed by atoms with Crippen molar-refractivity contribution in [1.29, 1.82) is 0 Å². The minimum absolute atomic E-state index is 0.173. The molecule has 0 aliphatic carbocycles. The molecule has 5 heteroatoms. The van der Waals surface area contributed by atoms with Gasteiger partial charge in [-0.3, -0.25) is 4.79 Å². The van der Waals surface area contributed by atoms with Gasteiger partial charge in [0.05, 0.1) is 17.1 Å². The summed E-state index contributed by atoms with van der Waals surface area (Å²) in [6.45, 7) is 4.32. The molecule has 4 aromatic rings. The third-order valence-corrected chi connectivity index (χ3v) is 6.07. The van der Waals surface area contributed by atoms with Crippen molar-refractivity contribution in [3.05, 3.63) is 94.3 Å².